The Balaban J connectivity index is 1.68. The van der Waals surface area contributed by atoms with E-state index in [1.807, 2.05) is 6.07 Å². The van der Waals surface area contributed by atoms with Crippen LogP contribution in [-0.4, -0.2) is 17.1 Å². The third-order valence-corrected chi connectivity index (χ3v) is 7.00. The number of nitrogens with zero attached hydrogens (tertiary/aromatic N) is 2. The zero-order chi connectivity index (χ0) is 24.2. The Bertz CT molecular complexity index is 1300. The summed E-state index contributed by atoms with van der Waals surface area (Å²) in [5, 5.41) is 12.7. The van der Waals surface area contributed by atoms with Crippen molar-refractivity contribution in [3.63, 3.8) is 0 Å². The molecule has 2 heterocycles. The number of amides is 2. The topological polar surface area (TPSA) is 86.3 Å². The summed E-state index contributed by atoms with van der Waals surface area (Å²) in [6.07, 6.45) is 1.76. The first-order valence-electron chi connectivity index (χ1n) is 10.0. The molecule has 1 aliphatic heterocycles. The summed E-state index contributed by atoms with van der Waals surface area (Å²) in [6.45, 7) is 0.0756. The largest absolute Gasteiger partial charge is 0.467 e. The fourth-order valence-electron chi connectivity index (χ4n) is 3.36. The average molecular weight is 516 g/mol. The van der Waals surface area contributed by atoms with Gasteiger partial charge in [-0.15, -0.1) is 0 Å². The molecule has 1 N–H and O–H groups in total. The number of carbonyl (C=O) groups excluding carboxylic acids is 2. The standard InChI is InChI=1S/C24H16Cl2FN3O3S/c25-19-8-3-14(10-20(19)26)11-21-23(32)30(16-6-4-15(27)5-7-16)24(34-21)18(12-28)22(31)29-13-17-2-1-9-33-17/h1-10,21H,11,13H2,(H,29,31)/b24-18-/t21-/m0/s1. The molecule has 2 amide bonds. The number of rotatable bonds is 6. The lowest BCUT2D eigenvalue weighted by Crippen LogP contribution is -2.32. The van der Waals surface area contributed by atoms with E-state index in [9.17, 15) is 19.2 Å². The van der Waals surface area contributed by atoms with Crippen LogP contribution in [0.1, 0.15) is 11.3 Å². The minimum absolute atomic E-state index is 0.0756. The number of carbonyl (C=O) groups is 2. The van der Waals surface area contributed by atoms with Crippen LogP contribution in [0.5, 0.6) is 0 Å². The van der Waals surface area contributed by atoms with Crippen LogP contribution >= 0.6 is 35.0 Å². The van der Waals surface area contributed by atoms with Crippen molar-refractivity contribution in [2.24, 2.45) is 0 Å². The molecular formula is C24H16Cl2FN3O3S. The van der Waals surface area contributed by atoms with Gasteiger partial charge in [-0.05, 0) is 60.5 Å². The molecule has 0 saturated carbocycles. The van der Waals surface area contributed by atoms with Gasteiger partial charge in [0.1, 0.15) is 28.2 Å². The van der Waals surface area contributed by atoms with Gasteiger partial charge in [-0.2, -0.15) is 5.26 Å². The number of benzene rings is 2. The lowest BCUT2D eigenvalue weighted by Gasteiger charge is -2.18. The maximum atomic E-state index is 13.5. The highest BCUT2D eigenvalue weighted by Gasteiger charge is 2.40. The van der Waals surface area contributed by atoms with Crippen LogP contribution in [0.2, 0.25) is 10.0 Å². The summed E-state index contributed by atoms with van der Waals surface area (Å²) in [5.41, 5.74) is 0.879. The molecule has 0 spiro atoms. The molecular weight excluding hydrogens is 500 g/mol. The Morgan fingerprint density at radius 3 is 2.59 bits per heavy atom. The molecule has 2 aromatic carbocycles. The molecule has 6 nitrogen and oxygen atoms in total. The molecule has 3 aromatic rings. The summed E-state index contributed by atoms with van der Waals surface area (Å²) in [5.74, 6) is -0.961. The van der Waals surface area contributed by atoms with Gasteiger partial charge in [0.25, 0.3) is 5.91 Å². The predicted octanol–water partition coefficient (Wildman–Crippen LogP) is 5.47. The van der Waals surface area contributed by atoms with Crippen LogP contribution in [0.4, 0.5) is 10.1 Å². The molecule has 172 valence electrons. The molecule has 34 heavy (non-hydrogen) atoms. The first-order chi connectivity index (χ1) is 16.4. The molecule has 4 rings (SSSR count). The van der Waals surface area contributed by atoms with Crippen molar-refractivity contribution in [3.05, 3.63) is 98.6 Å². The van der Waals surface area contributed by atoms with Crippen LogP contribution in [0, 0.1) is 17.1 Å². The van der Waals surface area contributed by atoms with E-state index < -0.39 is 17.0 Å². The van der Waals surface area contributed by atoms with Crippen molar-refractivity contribution in [3.8, 4) is 6.07 Å². The average Bonchev–Trinajstić information content (AvgIpc) is 3.45. The Morgan fingerprint density at radius 1 is 1.18 bits per heavy atom. The maximum Gasteiger partial charge on any atom is 0.265 e. The van der Waals surface area contributed by atoms with Gasteiger partial charge >= 0.3 is 0 Å². The first-order valence-corrected chi connectivity index (χ1v) is 11.7. The van der Waals surface area contributed by atoms with Gasteiger partial charge in [0, 0.05) is 5.69 Å². The molecule has 1 aliphatic rings. The van der Waals surface area contributed by atoms with Crippen molar-refractivity contribution in [1.82, 2.24) is 5.32 Å². The second kappa shape index (κ2) is 10.3. The fraction of sp³-hybridized carbons (Fsp3) is 0.125. The molecule has 0 aliphatic carbocycles. The first kappa shape index (κ1) is 23.9. The quantitative estimate of drug-likeness (QED) is 0.347. The van der Waals surface area contributed by atoms with E-state index in [-0.39, 0.29) is 29.5 Å². The Kier molecular flexibility index (Phi) is 7.27. The van der Waals surface area contributed by atoms with Crippen LogP contribution in [-0.2, 0) is 22.6 Å². The lowest BCUT2D eigenvalue weighted by atomic mass is 10.1. The third kappa shape index (κ3) is 5.12. The van der Waals surface area contributed by atoms with E-state index in [0.717, 1.165) is 17.3 Å². The lowest BCUT2D eigenvalue weighted by molar-refractivity contribution is -0.117. The zero-order valence-electron chi connectivity index (χ0n) is 17.4. The second-order valence-electron chi connectivity index (χ2n) is 7.26. The SMILES string of the molecule is N#C/C(C(=O)NCc1ccco1)=C1/S[C@@H](Cc2ccc(Cl)c(Cl)c2)C(=O)N1c1ccc(F)cc1. The van der Waals surface area contributed by atoms with Crippen LogP contribution in [0.15, 0.2) is 75.9 Å². The highest BCUT2D eigenvalue weighted by molar-refractivity contribution is 8.05. The Hall–Kier alpha value is -3.25. The number of nitrogens with one attached hydrogen (secondary N) is 1. The number of halogens is 3. The van der Waals surface area contributed by atoms with Gasteiger partial charge in [-0.25, -0.2) is 4.39 Å². The molecule has 0 bridgehead atoms. The number of hydrogen-bond acceptors (Lipinski definition) is 5. The van der Waals surface area contributed by atoms with Crippen molar-refractivity contribution >= 4 is 52.5 Å². The molecule has 0 radical (unpaired) electrons. The van der Waals surface area contributed by atoms with Crippen molar-refractivity contribution in [1.29, 1.82) is 5.26 Å². The molecule has 10 heteroatoms. The highest BCUT2D eigenvalue weighted by Crippen LogP contribution is 2.42. The van der Waals surface area contributed by atoms with E-state index in [1.165, 1.54) is 35.4 Å². The predicted molar refractivity (Wildman–Crippen MR) is 129 cm³/mol. The zero-order valence-corrected chi connectivity index (χ0v) is 19.8. The smallest absolute Gasteiger partial charge is 0.265 e. The van der Waals surface area contributed by atoms with E-state index in [2.05, 4.69) is 5.32 Å². The number of furan rings is 1. The van der Waals surface area contributed by atoms with Crippen LogP contribution in [0.25, 0.3) is 0 Å². The monoisotopic (exact) mass is 515 g/mol. The Labute approximate surface area is 208 Å². The summed E-state index contributed by atoms with van der Waals surface area (Å²) < 4.78 is 18.7. The van der Waals surface area contributed by atoms with Gasteiger partial charge < -0.3 is 9.73 Å². The van der Waals surface area contributed by atoms with E-state index in [0.29, 0.717) is 21.5 Å². The summed E-state index contributed by atoms with van der Waals surface area (Å²) in [6, 6.07) is 15.6. The maximum absolute atomic E-state index is 13.5. The van der Waals surface area contributed by atoms with Gasteiger partial charge in [0.15, 0.2) is 0 Å². The molecule has 1 aromatic heterocycles. The molecule has 1 fully saturated rings. The van der Waals surface area contributed by atoms with E-state index >= 15 is 0 Å². The Morgan fingerprint density at radius 2 is 1.94 bits per heavy atom. The fourth-order valence-corrected chi connectivity index (χ4v) is 4.99. The molecule has 0 unspecified atom stereocenters. The second-order valence-corrected chi connectivity index (χ2v) is 9.27. The van der Waals surface area contributed by atoms with Gasteiger partial charge in [0.05, 0.1) is 28.1 Å². The van der Waals surface area contributed by atoms with Gasteiger partial charge in [-0.1, -0.05) is 41.0 Å². The third-order valence-electron chi connectivity index (χ3n) is 5.00. The van der Waals surface area contributed by atoms with Crippen molar-refractivity contribution < 1.29 is 18.4 Å². The summed E-state index contributed by atoms with van der Waals surface area (Å²) in [4.78, 5) is 27.5. The normalized spacial score (nSPS) is 16.9. The number of nitriles is 1. The molecule has 1 saturated heterocycles. The number of hydrogen-bond donors (Lipinski definition) is 1. The summed E-state index contributed by atoms with van der Waals surface area (Å²) in [7, 11) is 0. The van der Waals surface area contributed by atoms with Crippen LogP contribution in [0.3, 0.4) is 0 Å². The number of thioether (sulfide) groups is 1. The number of anilines is 1. The van der Waals surface area contributed by atoms with Gasteiger partial charge in [-0.3, -0.25) is 14.5 Å². The highest BCUT2D eigenvalue weighted by atomic mass is 35.5. The van der Waals surface area contributed by atoms with E-state index in [4.69, 9.17) is 27.6 Å². The van der Waals surface area contributed by atoms with Crippen LogP contribution < -0.4 is 10.2 Å². The molecule has 1 atom stereocenters. The summed E-state index contributed by atoms with van der Waals surface area (Å²) >= 11 is 13.2. The minimum atomic E-state index is -0.656. The van der Waals surface area contributed by atoms with Crippen molar-refractivity contribution in [2.75, 3.05) is 4.90 Å². The van der Waals surface area contributed by atoms with Gasteiger partial charge in [0.2, 0.25) is 5.91 Å². The minimum Gasteiger partial charge on any atom is -0.467 e. The van der Waals surface area contributed by atoms with Crippen molar-refractivity contribution in [2.45, 2.75) is 18.2 Å². The van der Waals surface area contributed by atoms with E-state index in [1.54, 1.807) is 30.3 Å².